The number of hydrogen-bond acceptors (Lipinski definition) is 4. The van der Waals surface area contributed by atoms with Gasteiger partial charge in [0.1, 0.15) is 0 Å². The van der Waals surface area contributed by atoms with Gasteiger partial charge in [0.25, 0.3) is 5.91 Å². The summed E-state index contributed by atoms with van der Waals surface area (Å²) in [5.41, 5.74) is 3.25. The normalized spacial score (nSPS) is 16.4. The Bertz CT molecular complexity index is 1500. The number of carbonyl (C=O) groups is 2. The summed E-state index contributed by atoms with van der Waals surface area (Å²) in [6.07, 6.45) is 1.15. The summed E-state index contributed by atoms with van der Waals surface area (Å²) >= 11 is 12.0. The third-order valence-corrected chi connectivity index (χ3v) is 9.44. The zero-order chi connectivity index (χ0) is 29.1. The first-order valence-corrected chi connectivity index (χ1v) is 15.4. The Labute approximate surface area is 245 Å². The van der Waals surface area contributed by atoms with E-state index < -0.39 is 15.9 Å². The highest BCUT2D eigenvalue weighted by atomic mass is 35.5. The van der Waals surface area contributed by atoms with Crippen LogP contribution in [0.1, 0.15) is 55.1 Å². The second kappa shape index (κ2) is 12.3. The fourth-order valence-corrected chi connectivity index (χ4v) is 6.50. The van der Waals surface area contributed by atoms with Gasteiger partial charge >= 0.3 is 0 Å². The van der Waals surface area contributed by atoms with Crippen LogP contribution in [0.15, 0.2) is 66.7 Å². The molecule has 7 nitrogen and oxygen atoms in total. The van der Waals surface area contributed by atoms with E-state index in [2.05, 4.69) is 31.4 Å². The highest BCUT2D eigenvalue weighted by Crippen LogP contribution is 2.27. The van der Waals surface area contributed by atoms with E-state index in [-0.39, 0.29) is 29.5 Å². The van der Waals surface area contributed by atoms with Gasteiger partial charge in [0.15, 0.2) is 0 Å². The summed E-state index contributed by atoms with van der Waals surface area (Å²) < 4.78 is 27.5. The van der Waals surface area contributed by atoms with Crippen LogP contribution in [-0.4, -0.2) is 37.6 Å². The number of amides is 2. The molecule has 0 aromatic heterocycles. The van der Waals surface area contributed by atoms with Gasteiger partial charge < -0.3 is 10.6 Å². The Morgan fingerprint density at radius 3 is 2.25 bits per heavy atom. The van der Waals surface area contributed by atoms with Gasteiger partial charge in [0.2, 0.25) is 15.9 Å². The molecule has 40 heavy (non-hydrogen) atoms. The third kappa shape index (κ3) is 7.63. The maximum atomic E-state index is 13.1. The molecule has 212 valence electrons. The summed E-state index contributed by atoms with van der Waals surface area (Å²) in [6.45, 7) is 6.79. The molecule has 2 N–H and O–H groups in total. The molecule has 0 spiro atoms. The van der Waals surface area contributed by atoms with Gasteiger partial charge in [-0.1, -0.05) is 68.2 Å². The molecule has 1 saturated heterocycles. The molecule has 0 unspecified atom stereocenters. The van der Waals surface area contributed by atoms with Gasteiger partial charge in [-0.05, 0) is 71.8 Å². The summed E-state index contributed by atoms with van der Waals surface area (Å²) in [5.74, 6) is -1.24. The number of piperidine rings is 1. The lowest BCUT2D eigenvalue weighted by molar-refractivity contribution is -0.120. The molecule has 0 aliphatic carbocycles. The Balaban J connectivity index is 1.37. The second-order valence-corrected chi connectivity index (χ2v) is 13.8. The van der Waals surface area contributed by atoms with Gasteiger partial charge in [-0.15, -0.1) is 0 Å². The Hall–Kier alpha value is -2.91. The van der Waals surface area contributed by atoms with Crippen molar-refractivity contribution in [3.8, 4) is 0 Å². The lowest BCUT2D eigenvalue weighted by atomic mass is 9.87. The molecule has 4 rings (SSSR count). The molecule has 1 atom stereocenters. The quantitative estimate of drug-likeness (QED) is 0.314. The minimum absolute atomic E-state index is 0.00785. The molecule has 10 heteroatoms. The topological polar surface area (TPSA) is 95.6 Å². The fraction of sp³-hybridized carbons (Fsp3) is 0.333. The zero-order valence-electron chi connectivity index (χ0n) is 22.7. The van der Waals surface area contributed by atoms with Crippen molar-refractivity contribution >= 4 is 56.4 Å². The van der Waals surface area contributed by atoms with Crippen molar-refractivity contribution in [1.82, 2.24) is 4.31 Å². The number of nitrogens with zero attached hydrogens (tertiary/aromatic N) is 1. The lowest BCUT2D eigenvalue weighted by Crippen LogP contribution is -2.44. The van der Waals surface area contributed by atoms with Crippen LogP contribution in [0, 0.1) is 5.92 Å². The van der Waals surface area contributed by atoms with E-state index in [9.17, 15) is 18.0 Å². The molecule has 0 radical (unpaired) electrons. The number of hydrogen-bond donors (Lipinski definition) is 2. The van der Waals surface area contributed by atoms with Gasteiger partial charge in [0, 0.05) is 30.0 Å². The second-order valence-electron chi connectivity index (χ2n) is 11.1. The molecule has 0 bridgehead atoms. The van der Waals surface area contributed by atoms with Gasteiger partial charge in [-0.2, -0.15) is 0 Å². The summed E-state index contributed by atoms with van der Waals surface area (Å²) in [7, 11) is -3.66. The first-order valence-electron chi connectivity index (χ1n) is 13.1. The molecule has 1 heterocycles. The summed E-state index contributed by atoms with van der Waals surface area (Å²) in [6, 6.07) is 19.1. The number of nitrogens with one attached hydrogen (secondary N) is 2. The van der Waals surface area contributed by atoms with Gasteiger partial charge in [-0.3, -0.25) is 9.59 Å². The fourth-order valence-electron chi connectivity index (χ4n) is 4.58. The third-order valence-electron chi connectivity index (χ3n) is 6.88. The Kier molecular flexibility index (Phi) is 9.25. The van der Waals surface area contributed by atoms with Crippen molar-refractivity contribution in [2.24, 2.45) is 5.92 Å². The summed E-state index contributed by atoms with van der Waals surface area (Å²) in [5, 5.41) is 6.40. The molecule has 3 aromatic carbocycles. The van der Waals surface area contributed by atoms with E-state index in [1.807, 2.05) is 12.1 Å². The molecular formula is C30H33Cl2N3O4S. The van der Waals surface area contributed by atoms with E-state index in [4.69, 9.17) is 23.2 Å². The highest BCUT2D eigenvalue weighted by Gasteiger charge is 2.32. The number of anilines is 2. The minimum atomic E-state index is -3.66. The van der Waals surface area contributed by atoms with Crippen molar-refractivity contribution in [3.63, 3.8) is 0 Å². The van der Waals surface area contributed by atoms with Crippen LogP contribution in [0.5, 0.6) is 0 Å². The average molecular weight is 603 g/mol. The average Bonchev–Trinajstić information content (AvgIpc) is 2.90. The van der Waals surface area contributed by atoms with E-state index in [1.54, 1.807) is 54.6 Å². The van der Waals surface area contributed by atoms with Crippen LogP contribution in [0.25, 0.3) is 0 Å². The smallest absolute Gasteiger partial charge is 0.255 e. The van der Waals surface area contributed by atoms with E-state index in [0.29, 0.717) is 51.9 Å². The molecule has 1 aliphatic rings. The van der Waals surface area contributed by atoms with Crippen LogP contribution in [0.2, 0.25) is 10.0 Å². The van der Waals surface area contributed by atoms with Crippen LogP contribution in [0.4, 0.5) is 11.4 Å². The van der Waals surface area contributed by atoms with Crippen molar-refractivity contribution in [2.75, 3.05) is 23.7 Å². The SMILES string of the molecule is CC(C)(C)c1ccc(C(=O)Nc2cccc(NC(=O)[C@@H]3CCCN(S(=O)(=O)Cc4ccc(Cl)c(Cl)c4)C3)c2)cc1. The van der Waals surface area contributed by atoms with E-state index in [1.165, 1.54) is 4.31 Å². The van der Waals surface area contributed by atoms with E-state index >= 15 is 0 Å². The summed E-state index contributed by atoms with van der Waals surface area (Å²) in [4.78, 5) is 25.9. The van der Waals surface area contributed by atoms with Crippen LogP contribution >= 0.6 is 23.2 Å². The van der Waals surface area contributed by atoms with Crippen LogP contribution < -0.4 is 10.6 Å². The number of benzene rings is 3. The standard InChI is InChI=1S/C30H33Cl2N3O4S/c1-30(2,3)23-12-10-21(11-13-23)28(36)33-24-7-4-8-25(17-24)34-29(37)22-6-5-15-35(18-22)40(38,39)19-20-9-14-26(31)27(32)16-20/h4,7-14,16-17,22H,5-6,15,18-19H2,1-3H3,(H,33,36)(H,34,37)/t22-/m1/s1. The minimum Gasteiger partial charge on any atom is -0.326 e. The number of sulfonamides is 1. The largest absolute Gasteiger partial charge is 0.326 e. The highest BCUT2D eigenvalue weighted by molar-refractivity contribution is 7.88. The van der Waals surface area contributed by atoms with Crippen molar-refractivity contribution in [1.29, 1.82) is 0 Å². The predicted octanol–water partition coefficient (Wildman–Crippen LogP) is 6.72. The maximum absolute atomic E-state index is 13.1. The molecular weight excluding hydrogens is 569 g/mol. The van der Waals surface area contributed by atoms with Crippen LogP contribution in [0.3, 0.4) is 0 Å². The van der Waals surface area contributed by atoms with Crippen LogP contribution in [-0.2, 0) is 26.0 Å². The lowest BCUT2D eigenvalue weighted by Gasteiger charge is -2.31. The Morgan fingerprint density at radius 2 is 1.60 bits per heavy atom. The van der Waals surface area contributed by atoms with Crippen molar-refractivity contribution < 1.29 is 18.0 Å². The Morgan fingerprint density at radius 1 is 0.925 bits per heavy atom. The number of halogens is 2. The molecule has 1 fully saturated rings. The zero-order valence-corrected chi connectivity index (χ0v) is 25.0. The first-order chi connectivity index (χ1) is 18.8. The maximum Gasteiger partial charge on any atom is 0.255 e. The predicted molar refractivity (Wildman–Crippen MR) is 162 cm³/mol. The van der Waals surface area contributed by atoms with Crippen molar-refractivity contribution in [3.05, 3.63) is 93.5 Å². The first kappa shape index (κ1) is 30.1. The molecule has 3 aromatic rings. The molecule has 1 aliphatic heterocycles. The molecule has 0 saturated carbocycles. The van der Waals surface area contributed by atoms with E-state index in [0.717, 1.165) is 5.56 Å². The van der Waals surface area contributed by atoms with Crippen molar-refractivity contribution in [2.45, 2.75) is 44.8 Å². The number of rotatable bonds is 7. The molecule has 2 amide bonds. The van der Waals surface area contributed by atoms with Gasteiger partial charge in [-0.25, -0.2) is 12.7 Å². The number of carbonyl (C=O) groups excluding carboxylic acids is 2. The van der Waals surface area contributed by atoms with Gasteiger partial charge in [0.05, 0.1) is 21.7 Å². The monoisotopic (exact) mass is 601 g/mol.